The lowest BCUT2D eigenvalue weighted by atomic mass is 10.1. The van der Waals surface area contributed by atoms with Crippen LogP contribution in [0, 0.1) is 17.1 Å². The summed E-state index contributed by atoms with van der Waals surface area (Å²) in [5.74, 6) is -0.968. The molecule has 0 spiro atoms. The number of hydrazone groups is 1. The number of carbonyl (C=O) groups is 1. The van der Waals surface area contributed by atoms with E-state index in [1.165, 1.54) is 25.5 Å². The average molecular weight is 507 g/mol. The third-order valence-electron chi connectivity index (χ3n) is 4.36. The molecule has 1 N–H and O–H groups in total. The van der Waals surface area contributed by atoms with Crippen molar-refractivity contribution in [1.29, 1.82) is 5.26 Å². The number of halogens is 4. The van der Waals surface area contributed by atoms with E-state index in [2.05, 4.69) is 10.5 Å². The van der Waals surface area contributed by atoms with E-state index in [0.717, 1.165) is 6.07 Å². The molecule has 0 saturated carbocycles. The SMILES string of the molecule is COc1cc(/C=N/NC(=O)c2ccc(C#N)cc2F)cc(Cl)c1OCc1ccc(Cl)cc1Cl. The van der Waals surface area contributed by atoms with E-state index in [1.807, 2.05) is 0 Å². The van der Waals surface area contributed by atoms with E-state index in [0.29, 0.717) is 32.7 Å². The maximum Gasteiger partial charge on any atom is 0.274 e. The summed E-state index contributed by atoms with van der Waals surface area (Å²) in [4.78, 5) is 12.1. The van der Waals surface area contributed by atoms with Crippen molar-refractivity contribution in [1.82, 2.24) is 5.43 Å². The Hall–Kier alpha value is -3.31. The van der Waals surface area contributed by atoms with Crippen molar-refractivity contribution >= 4 is 46.9 Å². The maximum absolute atomic E-state index is 13.9. The molecule has 0 aromatic heterocycles. The first-order chi connectivity index (χ1) is 15.8. The highest BCUT2D eigenvalue weighted by atomic mass is 35.5. The molecule has 0 atom stereocenters. The van der Waals surface area contributed by atoms with Gasteiger partial charge in [-0.1, -0.05) is 40.9 Å². The largest absolute Gasteiger partial charge is 0.493 e. The molecule has 33 heavy (non-hydrogen) atoms. The van der Waals surface area contributed by atoms with Crippen LogP contribution in [-0.4, -0.2) is 19.2 Å². The van der Waals surface area contributed by atoms with Crippen LogP contribution in [0.2, 0.25) is 15.1 Å². The molecular formula is C23H15Cl3FN3O3. The fourth-order valence-electron chi connectivity index (χ4n) is 2.74. The van der Waals surface area contributed by atoms with Crippen molar-refractivity contribution in [3.63, 3.8) is 0 Å². The van der Waals surface area contributed by atoms with Crippen LogP contribution in [-0.2, 0) is 6.61 Å². The number of amides is 1. The van der Waals surface area contributed by atoms with Crippen molar-refractivity contribution in [2.45, 2.75) is 6.61 Å². The molecular weight excluding hydrogens is 492 g/mol. The van der Waals surface area contributed by atoms with Gasteiger partial charge in [0.25, 0.3) is 5.91 Å². The third kappa shape index (κ3) is 6.14. The van der Waals surface area contributed by atoms with Crippen LogP contribution in [0.3, 0.4) is 0 Å². The van der Waals surface area contributed by atoms with Gasteiger partial charge in [-0.2, -0.15) is 10.4 Å². The molecule has 0 aliphatic heterocycles. The zero-order valence-electron chi connectivity index (χ0n) is 17.0. The number of nitrogens with zero attached hydrogens (tertiary/aromatic N) is 2. The second-order valence-electron chi connectivity index (χ2n) is 6.56. The highest BCUT2D eigenvalue weighted by Crippen LogP contribution is 2.37. The Morgan fingerprint density at radius 2 is 1.94 bits per heavy atom. The smallest absolute Gasteiger partial charge is 0.274 e. The fourth-order valence-corrected chi connectivity index (χ4v) is 3.47. The molecule has 0 saturated heterocycles. The first kappa shape index (κ1) is 24.3. The highest BCUT2D eigenvalue weighted by molar-refractivity contribution is 6.35. The summed E-state index contributed by atoms with van der Waals surface area (Å²) in [5.41, 5.74) is 3.29. The molecule has 10 heteroatoms. The van der Waals surface area contributed by atoms with Crippen LogP contribution in [0.15, 0.2) is 53.6 Å². The van der Waals surface area contributed by atoms with E-state index in [9.17, 15) is 9.18 Å². The predicted octanol–water partition coefficient (Wildman–Crippen LogP) is 6.01. The lowest BCUT2D eigenvalue weighted by Crippen LogP contribution is -2.19. The van der Waals surface area contributed by atoms with Crippen molar-refractivity contribution < 1.29 is 18.7 Å². The highest BCUT2D eigenvalue weighted by Gasteiger charge is 2.14. The monoisotopic (exact) mass is 505 g/mol. The Labute approximate surface area is 204 Å². The zero-order valence-corrected chi connectivity index (χ0v) is 19.3. The summed E-state index contributed by atoms with van der Waals surface area (Å²) in [5, 5.41) is 13.8. The summed E-state index contributed by atoms with van der Waals surface area (Å²) in [6.07, 6.45) is 1.31. The first-order valence-corrected chi connectivity index (χ1v) is 10.4. The zero-order chi connectivity index (χ0) is 24.0. The molecule has 168 valence electrons. The normalized spacial score (nSPS) is 10.7. The molecule has 3 aromatic carbocycles. The van der Waals surface area contributed by atoms with E-state index in [1.54, 1.807) is 36.4 Å². The molecule has 1 amide bonds. The standard InChI is InChI=1S/C23H15Cl3FN3O3/c1-32-21-8-14(11-29-30-23(31)17-5-2-13(10-28)7-20(17)27)6-19(26)22(21)33-12-15-3-4-16(24)9-18(15)25/h2-9,11H,12H2,1H3,(H,30,31)/b29-11+. The van der Waals surface area contributed by atoms with Gasteiger partial charge in [0.1, 0.15) is 12.4 Å². The average Bonchev–Trinajstić information content (AvgIpc) is 2.78. The molecule has 0 radical (unpaired) electrons. The van der Waals surface area contributed by atoms with Gasteiger partial charge in [0, 0.05) is 15.6 Å². The van der Waals surface area contributed by atoms with Crippen LogP contribution in [0.5, 0.6) is 11.5 Å². The minimum atomic E-state index is -0.825. The topological polar surface area (TPSA) is 83.7 Å². The predicted molar refractivity (Wildman–Crippen MR) is 125 cm³/mol. The lowest BCUT2D eigenvalue weighted by Gasteiger charge is -2.14. The van der Waals surface area contributed by atoms with Crippen LogP contribution in [0.1, 0.15) is 27.0 Å². The van der Waals surface area contributed by atoms with Crippen molar-refractivity contribution in [3.8, 4) is 17.6 Å². The maximum atomic E-state index is 13.9. The number of benzene rings is 3. The molecule has 3 aromatic rings. The van der Waals surface area contributed by atoms with Gasteiger partial charge in [-0.05, 0) is 48.0 Å². The third-order valence-corrected chi connectivity index (χ3v) is 5.23. The number of nitriles is 1. The molecule has 0 bridgehead atoms. The lowest BCUT2D eigenvalue weighted by molar-refractivity contribution is 0.0951. The molecule has 6 nitrogen and oxygen atoms in total. The number of carbonyl (C=O) groups excluding carboxylic acids is 1. The van der Waals surface area contributed by atoms with E-state index in [4.69, 9.17) is 49.5 Å². The Bertz CT molecular complexity index is 1280. The molecule has 0 aliphatic carbocycles. The quantitative estimate of drug-likeness (QED) is 0.314. The van der Waals surface area contributed by atoms with Gasteiger partial charge in [0.05, 0.1) is 35.5 Å². The van der Waals surface area contributed by atoms with Gasteiger partial charge in [-0.3, -0.25) is 4.79 Å². The Kier molecular flexibility index (Phi) is 8.12. The van der Waals surface area contributed by atoms with Gasteiger partial charge >= 0.3 is 0 Å². The number of methoxy groups -OCH3 is 1. The van der Waals surface area contributed by atoms with Crippen LogP contribution in [0.25, 0.3) is 0 Å². The summed E-state index contributed by atoms with van der Waals surface area (Å²) in [7, 11) is 1.45. The number of ether oxygens (including phenoxy) is 2. The van der Waals surface area contributed by atoms with E-state index in [-0.39, 0.29) is 22.8 Å². The van der Waals surface area contributed by atoms with Crippen LogP contribution in [0.4, 0.5) is 4.39 Å². The second kappa shape index (κ2) is 11.0. The number of hydrogen-bond donors (Lipinski definition) is 1. The molecule has 0 fully saturated rings. The van der Waals surface area contributed by atoms with Crippen LogP contribution < -0.4 is 14.9 Å². The fraction of sp³-hybridized carbons (Fsp3) is 0.0870. The van der Waals surface area contributed by atoms with E-state index < -0.39 is 11.7 Å². The number of rotatable bonds is 7. The van der Waals surface area contributed by atoms with Crippen molar-refractivity contribution in [3.05, 3.63) is 91.7 Å². The Morgan fingerprint density at radius 1 is 1.15 bits per heavy atom. The number of hydrogen-bond acceptors (Lipinski definition) is 5. The summed E-state index contributed by atoms with van der Waals surface area (Å²) >= 11 is 18.4. The van der Waals surface area contributed by atoms with Gasteiger partial charge in [0.2, 0.25) is 0 Å². The summed E-state index contributed by atoms with van der Waals surface area (Å²) < 4.78 is 25.1. The van der Waals surface area contributed by atoms with Crippen molar-refractivity contribution in [2.24, 2.45) is 5.10 Å². The van der Waals surface area contributed by atoms with Gasteiger partial charge in [-0.25, -0.2) is 9.82 Å². The number of nitrogens with one attached hydrogen (secondary N) is 1. The summed E-state index contributed by atoms with van der Waals surface area (Å²) in [6, 6.07) is 13.5. The first-order valence-electron chi connectivity index (χ1n) is 9.29. The van der Waals surface area contributed by atoms with Crippen molar-refractivity contribution in [2.75, 3.05) is 7.11 Å². The van der Waals surface area contributed by atoms with Gasteiger partial charge < -0.3 is 9.47 Å². The Balaban J connectivity index is 1.71. The molecule has 0 unspecified atom stereocenters. The van der Waals surface area contributed by atoms with Crippen LogP contribution >= 0.6 is 34.8 Å². The minimum Gasteiger partial charge on any atom is -0.493 e. The van der Waals surface area contributed by atoms with E-state index >= 15 is 0 Å². The molecule has 0 aliphatic rings. The minimum absolute atomic E-state index is 0.106. The summed E-state index contributed by atoms with van der Waals surface area (Å²) in [6.45, 7) is 0.131. The Morgan fingerprint density at radius 3 is 2.61 bits per heavy atom. The van der Waals surface area contributed by atoms with Gasteiger partial charge in [0.15, 0.2) is 11.5 Å². The molecule has 0 heterocycles. The molecule has 3 rings (SSSR count). The van der Waals surface area contributed by atoms with Gasteiger partial charge in [-0.15, -0.1) is 0 Å². The second-order valence-corrected chi connectivity index (χ2v) is 7.81.